The summed E-state index contributed by atoms with van der Waals surface area (Å²) in [5.41, 5.74) is 5.08. The van der Waals surface area contributed by atoms with E-state index >= 15 is 0 Å². The number of hydrogen-bond acceptors (Lipinski definition) is 6. The van der Waals surface area contributed by atoms with E-state index in [2.05, 4.69) is 22.9 Å². The highest BCUT2D eigenvalue weighted by Crippen LogP contribution is 2.34. The first-order chi connectivity index (χ1) is 19.7. The van der Waals surface area contributed by atoms with Gasteiger partial charge in [0.1, 0.15) is 6.04 Å². The summed E-state index contributed by atoms with van der Waals surface area (Å²) >= 11 is 0. The van der Waals surface area contributed by atoms with Gasteiger partial charge in [0.25, 0.3) is 5.91 Å². The lowest BCUT2D eigenvalue weighted by molar-refractivity contribution is -0.144. The average molecular weight is 592 g/mol. The zero-order valence-electron chi connectivity index (χ0n) is 27.1. The number of Topliss-reactive ketones (excluding diaryl/α,β-unsaturated/α-hetero) is 1. The number of primary amides is 1. The molecule has 5 N–H and O–H groups in total. The molecule has 240 valence electrons. The van der Waals surface area contributed by atoms with E-state index in [9.17, 15) is 24.0 Å². The number of ketones is 1. The molecule has 10 nitrogen and oxygen atoms in total. The summed E-state index contributed by atoms with van der Waals surface area (Å²) < 4.78 is 0. The minimum atomic E-state index is -1.03. The van der Waals surface area contributed by atoms with E-state index in [1.54, 1.807) is 11.9 Å². The largest absolute Gasteiger partial charge is 0.363 e. The number of rotatable bonds is 12. The number of nitrogens with two attached hydrogens (primary N) is 1. The molecule has 3 rings (SSSR count). The van der Waals surface area contributed by atoms with Crippen molar-refractivity contribution in [2.75, 3.05) is 13.6 Å². The van der Waals surface area contributed by atoms with Crippen LogP contribution in [0.15, 0.2) is 0 Å². The number of nitrogens with zero attached hydrogens (tertiary/aromatic N) is 1. The van der Waals surface area contributed by atoms with Gasteiger partial charge in [-0.3, -0.25) is 24.0 Å². The van der Waals surface area contributed by atoms with Crippen molar-refractivity contribution < 1.29 is 24.0 Å². The van der Waals surface area contributed by atoms with E-state index in [-0.39, 0.29) is 34.6 Å². The maximum Gasteiger partial charge on any atom is 0.287 e. The molecule has 0 spiro atoms. The highest BCUT2D eigenvalue weighted by molar-refractivity contribution is 6.37. The Balaban J connectivity index is 0.000000468. The van der Waals surface area contributed by atoms with Gasteiger partial charge in [0.05, 0.1) is 12.1 Å². The van der Waals surface area contributed by atoms with E-state index in [0.29, 0.717) is 18.9 Å². The van der Waals surface area contributed by atoms with Crippen molar-refractivity contribution in [3.63, 3.8) is 0 Å². The predicted octanol–water partition coefficient (Wildman–Crippen LogP) is 3.07. The van der Waals surface area contributed by atoms with Crippen molar-refractivity contribution in [2.24, 2.45) is 28.9 Å². The Hall–Kier alpha value is -2.49. The van der Waals surface area contributed by atoms with Gasteiger partial charge in [0.2, 0.25) is 24.0 Å². The fourth-order valence-electron chi connectivity index (χ4n) is 6.87. The van der Waals surface area contributed by atoms with Gasteiger partial charge in [0, 0.05) is 12.1 Å². The first-order valence-corrected chi connectivity index (χ1v) is 16.0. The van der Waals surface area contributed by atoms with Crippen molar-refractivity contribution in [3.05, 3.63) is 0 Å². The molecule has 0 aromatic carbocycles. The van der Waals surface area contributed by atoms with Crippen molar-refractivity contribution in [1.29, 1.82) is 0 Å². The summed E-state index contributed by atoms with van der Waals surface area (Å²) in [6.07, 6.45) is 12.3. The number of nitrogens with one attached hydrogen (secondary N) is 3. The van der Waals surface area contributed by atoms with E-state index in [0.717, 1.165) is 38.5 Å². The van der Waals surface area contributed by atoms with Crippen LogP contribution < -0.4 is 21.7 Å². The normalized spacial score (nSPS) is 23.6. The summed E-state index contributed by atoms with van der Waals surface area (Å²) in [6.45, 7) is 12.7. The Kier molecular flexibility index (Phi) is 13.5. The van der Waals surface area contributed by atoms with Gasteiger partial charge in [-0.05, 0) is 62.3 Å². The van der Waals surface area contributed by atoms with E-state index < -0.39 is 29.8 Å². The Morgan fingerprint density at radius 1 is 1.02 bits per heavy atom. The van der Waals surface area contributed by atoms with Crippen molar-refractivity contribution in [3.8, 4) is 0 Å². The second kappa shape index (κ2) is 15.8. The Bertz CT molecular complexity index is 936. The standard InChI is InChI=1S/C23H40N4O4.C9H17NO/c1-13(2)15-10-11-27(22(31)19(25-6)23(3,4)5)17(15)21(30)26-16(18(28)20(24)29)12-14-8-7-9-14;1-2-9(10-8-11)6-4-3-5-7-9/h13-17,19,25H,7-12H2,1-6H3,(H2,24,29)(H,26,30);8H,2-7H2,1H3,(H,10,11)/t15-,16?,17?,19?;/m1./s1. The summed E-state index contributed by atoms with van der Waals surface area (Å²) in [5.74, 6) is -1.80. The van der Waals surface area contributed by atoms with Crippen molar-refractivity contribution in [2.45, 2.75) is 136 Å². The molecule has 3 aliphatic rings. The quantitative estimate of drug-likeness (QED) is 0.202. The van der Waals surface area contributed by atoms with Crippen LogP contribution in [0.4, 0.5) is 0 Å². The number of likely N-dealkylation sites (N-methyl/N-ethyl adjacent to an activating group) is 1. The molecule has 4 atom stereocenters. The number of carbonyl (C=O) groups excluding carboxylic acids is 5. The van der Waals surface area contributed by atoms with Crippen LogP contribution >= 0.6 is 0 Å². The molecule has 2 saturated carbocycles. The first-order valence-electron chi connectivity index (χ1n) is 16.0. The molecule has 2 aliphatic carbocycles. The molecule has 1 saturated heterocycles. The van der Waals surface area contributed by atoms with Crippen LogP contribution in [0, 0.1) is 23.2 Å². The van der Waals surface area contributed by atoms with Crippen LogP contribution in [-0.2, 0) is 24.0 Å². The van der Waals surface area contributed by atoms with Gasteiger partial charge in [0.15, 0.2) is 0 Å². The fraction of sp³-hybridized carbons (Fsp3) is 0.844. The molecule has 1 heterocycles. The monoisotopic (exact) mass is 591 g/mol. The van der Waals surface area contributed by atoms with Crippen molar-refractivity contribution >= 4 is 29.9 Å². The molecular formula is C32H57N5O5. The third-order valence-corrected chi connectivity index (χ3v) is 9.78. The Morgan fingerprint density at radius 2 is 1.64 bits per heavy atom. The molecule has 3 unspecified atom stereocenters. The smallest absolute Gasteiger partial charge is 0.287 e. The number of hydrogen-bond donors (Lipinski definition) is 4. The Morgan fingerprint density at radius 3 is 2.07 bits per heavy atom. The van der Waals surface area contributed by atoms with Gasteiger partial charge >= 0.3 is 0 Å². The van der Waals surface area contributed by atoms with Gasteiger partial charge in [-0.25, -0.2) is 0 Å². The predicted molar refractivity (Wildman–Crippen MR) is 164 cm³/mol. The van der Waals surface area contributed by atoms with Crippen LogP contribution in [-0.4, -0.2) is 72.1 Å². The molecule has 3 fully saturated rings. The third-order valence-electron chi connectivity index (χ3n) is 9.78. The second-order valence-corrected chi connectivity index (χ2v) is 14.0. The van der Waals surface area contributed by atoms with Gasteiger partial charge in [-0.1, -0.05) is 80.1 Å². The molecule has 0 aromatic heterocycles. The van der Waals surface area contributed by atoms with Crippen LogP contribution in [0.1, 0.15) is 112 Å². The molecule has 0 bridgehead atoms. The Labute approximate surface area is 253 Å². The van der Waals surface area contributed by atoms with E-state index in [4.69, 9.17) is 5.73 Å². The third kappa shape index (κ3) is 9.25. The highest BCUT2D eigenvalue weighted by Gasteiger charge is 2.47. The maximum atomic E-state index is 13.4. The number of likely N-dealkylation sites (tertiary alicyclic amines) is 1. The molecule has 0 radical (unpaired) electrons. The van der Waals surface area contributed by atoms with Gasteiger partial charge in [-0.15, -0.1) is 0 Å². The molecule has 10 heteroatoms. The summed E-state index contributed by atoms with van der Waals surface area (Å²) in [6, 6.07) is -2.04. The van der Waals surface area contributed by atoms with Crippen LogP contribution in [0.25, 0.3) is 0 Å². The summed E-state index contributed by atoms with van der Waals surface area (Å²) in [7, 11) is 1.75. The zero-order chi connectivity index (χ0) is 31.7. The molecular weight excluding hydrogens is 534 g/mol. The zero-order valence-corrected chi connectivity index (χ0v) is 27.1. The molecule has 0 aromatic rings. The average Bonchev–Trinajstić information content (AvgIpc) is 3.36. The van der Waals surface area contributed by atoms with Crippen LogP contribution in [0.5, 0.6) is 0 Å². The number of carbonyl (C=O) groups is 5. The lowest BCUT2D eigenvalue weighted by Crippen LogP contribution is -2.59. The second-order valence-electron chi connectivity index (χ2n) is 14.0. The molecule has 1 aliphatic heterocycles. The first kappa shape index (κ1) is 35.7. The van der Waals surface area contributed by atoms with E-state index in [1.165, 1.54) is 32.1 Å². The van der Waals surface area contributed by atoms with Crippen molar-refractivity contribution in [1.82, 2.24) is 20.9 Å². The minimum Gasteiger partial charge on any atom is -0.363 e. The fourth-order valence-corrected chi connectivity index (χ4v) is 6.87. The topological polar surface area (TPSA) is 151 Å². The summed E-state index contributed by atoms with van der Waals surface area (Å²) in [5, 5.41) is 8.87. The lowest BCUT2D eigenvalue weighted by Gasteiger charge is -2.37. The molecule has 42 heavy (non-hydrogen) atoms. The maximum absolute atomic E-state index is 13.4. The lowest BCUT2D eigenvalue weighted by atomic mass is 9.80. The van der Waals surface area contributed by atoms with Crippen LogP contribution in [0.3, 0.4) is 0 Å². The molecule has 4 amide bonds. The van der Waals surface area contributed by atoms with Gasteiger partial charge < -0.3 is 26.6 Å². The SMILES string of the molecule is CCC1(NC=O)CCCCC1.CNC(C(=O)N1CC[C@H](C(C)C)C1C(=O)NC(CC1CCC1)C(=O)C(N)=O)C(C)(C)C. The minimum absolute atomic E-state index is 0.0190. The number of amides is 4. The van der Waals surface area contributed by atoms with E-state index in [1.807, 2.05) is 34.6 Å². The summed E-state index contributed by atoms with van der Waals surface area (Å²) in [4.78, 5) is 62.8. The van der Waals surface area contributed by atoms with Crippen LogP contribution in [0.2, 0.25) is 0 Å². The highest BCUT2D eigenvalue weighted by atomic mass is 16.2. The van der Waals surface area contributed by atoms with Gasteiger partial charge in [-0.2, -0.15) is 0 Å².